The highest BCUT2D eigenvalue weighted by Crippen LogP contribution is 2.22. The molecule has 0 aliphatic carbocycles. The van der Waals surface area contributed by atoms with Gasteiger partial charge in [0.15, 0.2) is 6.04 Å². The molecule has 0 saturated carbocycles. The number of phenolic OH excluding ortho intramolecular Hbond substituents is 1. The van der Waals surface area contributed by atoms with Gasteiger partial charge in [-0.15, -0.1) is 0 Å². The van der Waals surface area contributed by atoms with E-state index in [1.165, 1.54) is 48.5 Å². The van der Waals surface area contributed by atoms with Gasteiger partial charge >= 0.3 is 5.97 Å². The monoisotopic (exact) mass is 434 g/mol. The van der Waals surface area contributed by atoms with Gasteiger partial charge in [-0.1, -0.05) is 42.5 Å². The highest BCUT2D eigenvalue weighted by atomic mass is 16.7. The third-order valence-electron chi connectivity index (χ3n) is 4.36. The molecule has 0 heterocycles. The van der Waals surface area contributed by atoms with Crippen molar-refractivity contribution in [1.82, 2.24) is 5.48 Å². The Morgan fingerprint density at radius 2 is 1.69 bits per heavy atom. The fourth-order valence-electron chi connectivity index (χ4n) is 2.74. The van der Waals surface area contributed by atoms with Crippen LogP contribution in [0.3, 0.4) is 0 Å². The lowest BCUT2D eigenvalue weighted by Crippen LogP contribution is -2.40. The number of benzene rings is 3. The second-order valence-corrected chi connectivity index (χ2v) is 6.56. The van der Waals surface area contributed by atoms with Crippen LogP contribution in [0.2, 0.25) is 0 Å². The molecule has 3 aromatic carbocycles. The van der Waals surface area contributed by atoms with Gasteiger partial charge in [-0.05, 0) is 35.4 Å². The van der Waals surface area contributed by atoms with Crippen LogP contribution in [0.1, 0.15) is 11.1 Å². The van der Waals surface area contributed by atoms with Gasteiger partial charge in [-0.3, -0.25) is 15.0 Å². The summed E-state index contributed by atoms with van der Waals surface area (Å²) in [5.41, 5.74) is 3.41. The SMILES string of the molecule is O=C=C(c1ccc(O)cc1)[C@H](NOCc1ccccc1)C(=O)Oc1ccc([N+](=O)[O-])cc1. The summed E-state index contributed by atoms with van der Waals surface area (Å²) in [6.45, 7) is 0.101. The second-order valence-electron chi connectivity index (χ2n) is 6.56. The number of nitrogens with one attached hydrogen (secondary N) is 1. The molecule has 0 spiro atoms. The van der Waals surface area contributed by atoms with Crippen molar-refractivity contribution in [1.29, 1.82) is 0 Å². The van der Waals surface area contributed by atoms with Crippen LogP contribution >= 0.6 is 0 Å². The van der Waals surface area contributed by atoms with E-state index in [2.05, 4.69) is 5.48 Å². The molecule has 162 valence electrons. The Labute approximate surface area is 182 Å². The number of hydroxylamine groups is 1. The summed E-state index contributed by atoms with van der Waals surface area (Å²) in [6.07, 6.45) is 0. The van der Waals surface area contributed by atoms with Gasteiger partial charge in [0.05, 0.1) is 17.1 Å². The molecule has 3 rings (SSSR count). The average molecular weight is 434 g/mol. The van der Waals surface area contributed by atoms with E-state index in [-0.39, 0.29) is 29.4 Å². The first-order valence-electron chi connectivity index (χ1n) is 9.39. The van der Waals surface area contributed by atoms with Crippen LogP contribution in [0.15, 0.2) is 78.9 Å². The predicted octanol–water partition coefficient (Wildman–Crippen LogP) is 3.21. The Morgan fingerprint density at radius 3 is 2.28 bits per heavy atom. The zero-order valence-corrected chi connectivity index (χ0v) is 16.6. The van der Waals surface area contributed by atoms with Gasteiger partial charge in [-0.2, -0.15) is 5.48 Å². The molecule has 9 nitrogen and oxygen atoms in total. The summed E-state index contributed by atoms with van der Waals surface area (Å²) in [5, 5.41) is 20.3. The lowest BCUT2D eigenvalue weighted by atomic mass is 10.0. The van der Waals surface area contributed by atoms with Crippen molar-refractivity contribution in [3.05, 3.63) is 100 Å². The van der Waals surface area contributed by atoms with Crippen LogP contribution in [0.4, 0.5) is 5.69 Å². The maximum Gasteiger partial charge on any atom is 0.336 e. The molecular formula is C23H18N2O7. The third-order valence-corrected chi connectivity index (χ3v) is 4.36. The molecular weight excluding hydrogens is 416 g/mol. The highest BCUT2D eigenvalue weighted by molar-refractivity contribution is 6.02. The molecule has 3 aromatic rings. The molecule has 0 aliphatic heterocycles. The number of nitro groups is 1. The summed E-state index contributed by atoms with van der Waals surface area (Å²) in [7, 11) is 0. The maximum absolute atomic E-state index is 12.9. The molecule has 9 heteroatoms. The van der Waals surface area contributed by atoms with Crippen molar-refractivity contribution >= 4 is 23.2 Å². The Morgan fingerprint density at radius 1 is 1.03 bits per heavy atom. The zero-order valence-electron chi connectivity index (χ0n) is 16.6. The number of non-ortho nitro benzene ring substituents is 1. The third kappa shape index (κ3) is 5.87. The molecule has 0 aliphatic rings. The first-order valence-corrected chi connectivity index (χ1v) is 9.39. The van der Waals surface area contributed by atoms with Crippen molar-refractivity contribution in [2.75, 3.05) is 0 Å². The first-order chi connectivity index (χ1) is 15.5. The Hall–Kier alpha value is -4.30. The minimum Gasteiger partial charge on any atom is -0.508 e. The van der Waals surface area contributed by atoms with E-state index < -0.39 is 16.9 Å². The smallest absolute Gasteiger partial charge is 0.336 e. The number of phenols is 1. The van der Waals surface area contributed by atoms with Gasteiger partial charge in [0.1, 0.15) is 17.4 Å². The second kappa shape index (κ2) is 10.6. The van der Waals surface area contributed by atoms with Crippen molar-refractivity contribution in [3.8, 4) is 11.5 Å². The molecule has 1 atom stereocenters. The number of rotatable bonds is 9. The largest absolute Gasteiger partial charge is 0.508 e. The number of nitro benzene ring substituents is 1. The van der Waals surface area contributed by atoms with Gasteiger partial charge in [0.25, 0.3) is 5.69 Å². The molecule has 0 unspecified atom stereocenters. The van der Waals surface area contributed by atoms with E-state index in [1.54, 1.807) is 5.94 Å². The van der Waals surface area contributed by atoms with E-state index in [0.717, 1.165) is 5.56 Å². The molecule has 0 aromatic heterocycles. The van der Waals surface area contributed by atoms with Crippen molar-refractivity contribution < 1.29 is 29.2 Å². The minimum atomic E-state index is -1.36. The number of aromatic hydroxyl groups is 1. The van der Waals surface area contributed by atoms with Crippen molar-refractivity contribution in [2.45, 2.75) is 12.6 Å². The molecule has 0 fully saturated rings. The topological polar surface area (TPSA) is 128 Å². The fraction of sp³-hybridized carbons (Fsp3) is 0.0870. The summed E-state index contributed by atoms with van der Waals surface area (Å²) >= 11 is 0. The first kappa shape index (κ1) is 22.4. The van der Waals surface area contributed by atoms with Gasteiger partial charge < -0.3 is 9.84 Å². The zero-order chi connectivity index (χ0) is 22.9. The minimum absolute atomic E-state index is 0.0164. The van der Waals surface area contributed by atoms with Crippen LogP contribution in [-0.2, 0) is 21.0 Å². The molecule has 0 bridgehead atoms. The molecule has 0 amide bonds. The van der Waals surface area contributed by atoms with Crippen LogP contribution in [0.5, 0.6) is 11.5 Å². The van der Waals surface area contributed by atoms with Crippen LogP contribution in [0.25, 0.3) is 5.57 Å². The number of carbonyl (C=O) groups excluding carboxylic acids is 2. The van der Waals surface area contributed by atoms with Crippen LogP contribution in [0, 0.1) is 10.1 Å². The van der Waals surface area contributed by atoms with E-state index in [0.29, 0.717) is 5.56 Å². The lowest BCUT2D eigenvalue weighted by Gasteiger charge is -2.18. The van der Waals surface area contributed by atoms with E-state index in [9.17, 15) is 24.8 Å². The van der Waals surface area contributed by atoms with Gasteiger partial charge in [0, 0.05) is 12.1 Å². The maximum atomic E-state index is 12.9. The molecule has 0 saturated heterocycles. The molecule has 0 radical (unpaired) electrons. The number of esters is 1. The number of nitrogens with zero attached hydrogens (tertiary/aromatic N) is 1. The van der Waals surface area contributed by atoms with Gasteiger partial charge in [0.2, 0.25) is 0 Å². The number of ether oxygens (including phenoxy) is 1. The Balaban J connectivity index is 1.80. The summed E-state index contributed by atoms with van der Waals surface area (Å²) < 4.78 is 5.29. The van der Waals surface area contributed by atoms with Crippen LogP contribution < -0.4 is 10.2 Å². The van der Waals surface area contributed by atoms with Crippen LogP contribution in [-0.4, -0.2) is 28.0 Å². The quantitative estimate of drug-likeness (QED) is 0.173. The highest BCUT2D eigenvalue weighted by Gasteiger charge is 2.28. The standard InChI is InChI=1S/C23H18N2O7/c26-14-21(17-6-10-19(27)11-7-17)22(24-31-15-16-4-2-1-3-5-16)23(28)32-20-12-8-18(9-13-20)25(29)30/h1-13,22,24,27H,15H2/t22-/m0/s1. The molecule has 2 N–H and O–H groups in total. The lowest BCUT2D eigenvalue weighted by molar-refractivity contribution is -0.384. The van der Waals surface area contributed by atoms with E-state index in [4.69, 9.17) is 9.57 Å². The van der Waals surface area contributed by atoms with Crippen molar-refractivity contribution in [2.24, 2.45) is 0 Å². The number of hydrogen-bond acceptors (Lipinski definition) is 8. The van der Waals surface area contributed by atoms with E-state index in [1.807, 2.05) is 30.3 Å². The molecule has 32 heavy (non-hydrogen) atoms. The number of hydrogen-bond donors (Lipinski definition) is 2. The normalized spacial score (nSPS) is 11.2. The van der Waals surface area contributed by atoms with Crippen molar-refractivity contribution in [3.63, 3.8) is 0 Å². The summed E-state index contributed by atoms with van der Waals surface area (Å²) in [5.74, 6) is 0.870. The number of carbonyl (C=O) groups is 1. The van der Waals surface area contributed by atoms with E-state index >= 15 is 0 Å². The Bertz CT molecular complexity index is 1120. The Kier molecular flexibility index (Phi) is 7.45. The summed E-state index contributed by atoms with van der Waals surface area (Å²) in [4.78, 5) is 40.3. The summed E-state index contributed by atoms with van der Waals surface area (Å²) in [6, 6.07) is 18.3. The predicted molar refractivity (Wildman–Crippen MR) is 114 cm³/mol. The van der Waals surface area contributed by atoms with Gasteiger partial charge in [-0.25, -0.2) is 9.59 Å². The average Bonchev–Trinajstić information content (AvgIpc) is 2.80. The fourth-order valence-corrected chi connectivity index (χ4v) is 2.74.